The number of carbonyl (C=O) groups excluding carboxylic acids is 2. The smallest absolute Gasteiger partial charge is 0.260 e. The average molecular weight is 414 g/mol. The van der Waals surface area contributed by atoms with Crippen LogP contribution >= 0.6 is 0 Å². The van der Waals surface area contributed by atoms with Gasteiger partial charge in [0.05, 0.1) is 13.1 Å². The van der Waals surface area contributed by atoms with E-state index < -0.39 is 0 Å². The van der Waals surface area contributed by atoms with Crippen molar-refractivity contribution >= 4 is 11.8 Å². The van der Waals surface area contributed by atoms with Crippen LogP contribution in [0.2, 0.25) is 0 Å². The van der Waals surface area contributed by atoms with Crippen LogP contribution in [0.3, 0.4) is 0 Å². The molecule has 0 aliphatic carbocycles. The molecule has 2 rings (SSSR count). The Bertz CT molecular complexity index is 786. The molecule has 6 nitrogen and oxygen atoms in total. The topological polar surface area (TPSA) is 54.8 Å². The summed E-state index contributed by atoms with van der Waals surface area (Å²) in [5, 5.41) is 0. The van der Waals surface area contributed by atoms with Crippen molar-refractivity contribution < 1.29 is 14.3 Å². The number of nitrogens with zero attached hydrogens (tertiary/aromatic N) is 3. The Labute approximate surface area is 180 Å². The summed E-state index contributed by atoms with van der Waals surface area (Å²) in [5.41, 5.74) is 1.08. The number of ether oxygens (including phenoxy) is 1. The molecule has 0 unspecified atom stereocenters. The third kappa shape index (κ3) is 7.58. The molecule has 2 amide bonds. The Morgan fingerprint density at radius 2 is 1.77 bits per heavy atom. The van der Waals surface area contributed by atoms with Crippen LogP contribution in [-0.4, -0.2) is 52.4 Å². The number of aryl methyl sites for hydroxylation is 1. The maximum atomic E-state index is 13.1. The third-order valence-electron chi connectivity index (χ3n) is 4.91. The minimum absolute atomic E-state index is 0.0293. The second kappa shape index (κ2) is 12.1. The molecule has 0 fully saturated rings. The van der Waals surface area contributed by atoms with Crippen LogP contribution in [0.4, 0.5) is 0 Å². The second-order valence-electron chi connectivity index (χ2n) is 8.05. The van der Waals surface area contributed by atoms with Gasteiger partial charge in [-0.1, -0.05) is 45.4 Å². The van der Waals surface area contributed by atoms with Crippen molar-refractivity contribution in [1.82, 2.24) is 14.4 Å². The molecule has 30 heavy (non-hydrogen) atoms. The van der Waals surface area contributed by atoms with Crippen molar-refractivity contribution in [3.05, 3.63) is 54.4 Å². The van der Waals surface area contributed by atoms with E-state index in [0.717, 1.165) is 18.5 Å². The first-order valence-corrected chi connectivity index (χ1v) is 10.7. The van der Waals surface area contributed by atoms with E-state index in [-0.39, 0.29) is 30.9 Å². The molecule has 0 saturated carbocycles. The van der Waals surface area contributed by atoms with E-state index in [9.17, 15) is 9.59 Å². The molecule has 1 heterocycles. The highest BCUT2D eigenvalue weighted by Gasteiger charge is 2.23. The maximum Gasteiger partial charge on any atom is 0.260 e. The summed E-state index contributed by atoms with van der Waals surface area (Å²) in [7, 11) is 1.98. The monoisotopic (exact) mass is 413 g/mol. The van der Waals surface area contributed by atoms with Crippen LogP contribution in [0.1, 0.15) is 39.3 Å². The van der Waals surface area contributed by atoms with E-state index in [1.165, 1.54) is 0 Å². The van der Waals surface area contributed by atoms with Gasteiger partial charge in [-0.25, -0.2) is 0 Å². The molecule has 6 heteroatoms. The van der Waals surface area contributed by atoms with Gasteiger partial charge >= 0.3 is 0 Å². The molecule has 0 saturated heterocycles. The Hall–Kier alpha value is -2.76. The van der Waals surface area contributed by atoms with Gasteiger partial charge in [-0.2, -0.15) is 0 Å². The number of amides is 2. The van der Waals surface area contributed by atoms with E-state index in [2.05, 4.69) is 6.92 Å². The van der Waals surface area contributed by atoms with E-state index >= 15 is 0 Å². The molecule has 0 aliphatic rings. The largest absolute Gasteiger partial charge is 0.484 e. The molecule has 2 aromatic rings. The van der Waals surface area contributed by atoms with Gasteiger partial charge in [0.15, 0.2) is 6.61 Å². The fraction of sp³-hybridized carbons (Fsp3) is 0.500. The molecule has 0 radical (unpaired) electrons. The number of benzene rings is 1. The number of hydrogen-bond acceptors (Lipinski definition) is 3. The molecule has 164 valence electrons. The molecule has 0 atom stereocenters. The molecule has 0 spiro atoms. The maximum absolute atomic E-state index is 13.1. The number of unbranched alkanes of at least 4 members (excludes halogenated alkanes) is 1. The van der Waals surface area contributed by atoms with Crippen LogP contribution in [-0.2, 0) is 23.2 Å². The number of carbonyl (C=O) groups is 2. The predicted molar refractivity (Wildman–Crippen MR) is 119 cm³/mol. The molecular formula is C24H35N3O3. The fourth-order valence-corrected chi connectivity index (χ4v) is 3.21. The first-order chi connectivity index (χ1) is 14.4. The highest BCUT2D eigenvalue weighted by Crippen LogP contribution is 2.11. The van der Waals surface area contributed by atoms with Gasteiger partial charge in [0.2, 0.25) is 5.91 Å². The lowest BCUT2D eigenvalue weighted by Crippen LogP contribution is -2.46. The lowest BCUT2D eigenvalue weighted by molar-refractivity contribution is -0.142. The average Bonchev–Trinajstić information content (AvgIpc) is 3.13. The van der Waals surface area contributed by atoms with Crippen LogP contribution in [0.25, 0.3) is 0 Å². The first kappa shape index (κ1) is 23.5. The minimum atomic E-state index is -0.171. The van der Waals surface area contributed by atoms with Crippen molar-refractivity contribution in [3.63, 3.8) is 0 Å². The SMILES string of the molecule is CCCCN(Cc1cccn1C)C(=O)CN(CC(C)C)C(=O)COc1ccccc1. The van der Waals surface area contributed by atoms with Gasteiger partial charge in [-0.15, -0.1) is 0 Å². The Morgan fingerprint density at radius 1 is 1.03 bits per heavy atom. The summed E-state index contributed by atoms with van der Waals surface area (Å²) >= 11 is 0. The summed E-state index contributed by atoms with van der Waals surface area (Å²) in [6.45, 7) is 7.95. The molecule has 1 aromatic heterocycles. The number of rotatable bonds is 12. The predicted octanol–water partition coefficient (Wildman–Crippen LogP) is 3.72. The summed E-state index contributed by atoms with van der Waals surface area (Å²) in [6, 6.07) is 13.3. The fourth-order valence-electron chi connectivity index (χ4n) is 3.21. The van der Waals surface area contributed by atoms with Crippen molar-refractivity contribution in [2.75, 3.05) is 26.2 Å². The molecule has 0 aliphatic heterocycles. The van der Waals surface area contributed by atoms with Crippen molar-refractivity contribution in [2.45, 2.75) is 40.2 Å². The summed E-state index contributed by atoms with van der Waals surface area (Å²) in [4.78, 5) is 29.4. The number of aromatic nitrogens is 1. The van der Waals surface area contributed by atoms with Crippen molar-refractivity contribution in [2.24, 2.45) is 13.0 Å². The van der Waals surface area contributed by atoms with Gasteiger partial charge in [0, 0.05) is 32.0 Å². The first-order valence-electron chi connectivity index (χ1n) is 10.7. The van der Waals surface area contributed by atoms with E-state index in [4.69, 9.17) is 4.74 Å². The van der Waals surface area contributed by atoms with Crippen molar-refractivity contribution in [3.8, 4) is 5.75 Å². The standard InChI is InChI=1S/C24H35N3O3/c1-5-6-15-26(17-21-11-10-14-25(21)4)23(28)18-27(16-20(2)3)24(29)19-30-22-12-8-7-9-13-22/h7-14,20H,5-6,15-19H2,1-4H3. The molecule has 1 aromatic carbocycles. The lowest BCUT2D eigenvalue weighted by Gasteiger charge is -2.29. The van der Waals surface area contributed by atoms with Crippen LogP contribution in [0, 0.1) is 5.92 Å². The van der Waals surface area contributed by atoms with E-state index in [1.807, 2.05) is 79.0 Å². The van der Waals surface area contributed by atoms with Crippen LogP contribution in [0.15, 0.2) is 48.7 Å². The van der Waals surface area contributed by atoms with Crippen LogP contribution in [0.5, 0.6) is 5.75 Å². The van der Waals surface area contributed by atoms with Gasteiger partial charge < -0.3 is 19.1 Å². The van der Waals surface area contributed by atoms with Crippen LogP contribution < -0.4 is 4.74 Å². The van der Waals surface area contributed by atoms with Gasteiger partial charge in [0.1, 0.15) is 5.75 Å². The zero-order valence-corrected chi connectivity index (χ0v) is 18.7. The third-order valence-corrected chi connectivity index (χ3v) is 4.91. The Kier molecular flexibility index (Phi) is 9.45. The summed E-state index contributed by atoms with van der Waals surface area (Å²) in [5.74, 6) is 0.707. The van der Waals surface area contributed by atoms with Gasteiger partial charge in [-0.05, 0) is 36.6 Å². The highest BCUT2D eigenvalue weighted by atomic mass is 16.5. The normalized spacial score (nSPS) is 10.8. The Morgan fingerprint density at radius 3 is 2.37 bits per heavy atom. The molecular weight excluding hydrogens is 378 g/mol. The molecule has 0 bridgehead atoms. The quantitative estimate of drug-likeness (QED) is 0.533. The number of hydrogen-bond donors (Lipinski definition) is 0. The summed E-state index contributed by atoms with van der Waals surface area (Å²) in [6.07, 6.45) is 3.93. The zero-order chi connectivity index (χ0) is 21.9. The second-order valence-corrected chi connectivity index (χ2v) is 8.05. The minimum Gasteiger partial charge on any atom is -0.484 e. The van der Waals surface area contributed by atoms with E-state index in [1.54, 1.807) is 4.90 Å². The lowest BCUT2D eigenvalue weighted by atomic mass is 10.2. The number of para-hydroxylation sites is 1. The van der Waals surface area contributed by atoms with Crippen molar-refractivity contribution in [1.29, 1.82) is 0 Å². The van der Waals surface area contributed by atoms with Gasteiger partial charge in [0.25, 0.3) is 5.91 Å². The Balaban J connectivity index is 2.04. The highest BCUT2D eigenvalue weighted by molar-refractivity contribution is 5.85. The molecule has 0 N–H and O–H groups in total. The van der Waals surface area contributed by atoms with Gasteiger partial charge in [-0.3, -0.25) is 9.59 Å². The van der Waals surface area contributed by atoms with E-state index in [0.29, 0.717) is 25.4 Å². The summed E-state index contributed by atoms with van der Waals surface area (Å²) < 4.78 is 7.64. The zero-order valence-electron chi connectivity index (χ0n) is 18.7.